The second kappa shape index (κ2) is 9.13. The van der Waals surface area contributed by atoms with E-state index in [2.05, 4.69) is 26.1 Å². The van der Waals surface area contributed by atoms with Gasteiger partial charge in [0.1, 0.15) is 11.2 Å². The zero-order chi connectivity index (χ0) is 23.8. The predicted octanol–water partition coefficient (Wildman–Crippen LogP) is 5.09. The van der Waals surface area contributed by atoms with Crippen molar-refractivity contribution >= 4 is 23.4 Å². The third kappa shape index (κ3) is 4.96. The van der Waals surface area contributed by atoms with E-state index in [0.717, 1.165) is 36.9 Å². The van der Waals surface area contributed by atoms with Crippen LogP contribution in [0.15, 0.2) is 30.3 Å². The molecule has 2 heterocycles. The molecule has 1 aliphatic heterocycles. The van der Waals surface area contributed by atoms with Crippen LogP contribution in [0.4, 0.5) is 0 Å². The number of amides is 2. The van der Waals surface area contributed by atoms with E-state index in [4.69, 9.17) is 16.7 Å². The summed E-state index contributed by atoms with van der Waals surface area (Å²) in [7, 11) is 0. The van der Waals surface area contributed by atoms with Crippen molar-refractivity contribution in [2.75, 3.05) is 0 Å². The standard InChI is InChI=1S/C26H35ClN4O2/c1-25(2,3)22-15-21-23(32)30(16-18-10-9-11-19(27)14-18)26(4,17-31(21)29-22)24(33)28-20-12-7-5-6-8-13-20/h9-11,14-15,20H,5-8,12-13,16-17H2,1-4H3,(H,28,33)/t26-/m1/s1. The van der Waals surface area contributed by atoms with E-state index in [1.165, 1.54) is 12.8 Å². The van der Waals surface area contributed by atoms with Gasteiger partial charge in [0.15, 0.2) is 0 Å². The van der Waals surface area contributed by atoms with Gasteiger partial charge in [0.05, 0.1) is 12.2 Å². The number of carbonyl (C=O) groups is 2. The Hall–Kier alpha value is -2.34. The first-order chi connectivity index (χ1) is 15.6. The summed E-state index contributed by atoms with van der Waals surface area (Å²) in [5.41, 5.74) is 1.03. The molecule has 7 heteroatoms. The molecule has 0 spiro atoms. The topological polar surface area (TPSA) is 67.2 Å². The molecular weight excluding hydrogens is 436 g/mol. The number of fused-ring (bicyclic) bond motifs is 1. The Labute approximate surface area is 201 Å². The molecule has 0 saturated heterocycles. The van der Waals surface area contributed by atoms with Crippen LogP contribution in [0.5, 0.6) is 0 Å². The first-order valence-electron chi connectivity index (χ1n) is 12.0. The Morgan fingerprint density at radius 2 is 1.88 bits per heavy atom. The van der Waals surface area contributed by atoms with Crippen molar-refractivity contribution in [2.24, 2.45) is 0 Å². The van der Waals surface area contributed by atoms with E-state index >= 15 is 0 Å². The third-order valence-corrected chi connectivity index (χ3v) is 7.21. The molecule has 1 fully saturated rings. The molecule has 1 aromatic heterocycles. The summed E-state index contributed by atoms with van der Waals surface area (Å²) in [5.74, 6) is -0.286. The van der Waals surface area contributed by atoms with Crippen molar-refractivity contribution in [3.8, 4) is 0 Å². The maximum Gasteiger partial charge on any atom is 0.273 e. The van der Waals surface area contributed by atoms with Crippen LogP contribution in [0.1, 0.15) is 88.0 Å². The fourth-order valence-corrected chi connectivity index (χ4v) is 5.05. The Kier molecular flexibility index (Phi) is 6.59. The summed E-state index contributed by atoms with van der Waals surface area (Å²) < 4.78 is 1.73. The second-order valence-corrected chi connectivity index (χ2v) is 11.2. The average molecular weight is 471 g/mol. The summed E-state index contributed by atoms with van der Waals surface area (Å²) in [6.45, 7) is 8.73. The van der Waals surface area contributed by atoms with Crippen molar-refractivity contribution < 1.29 is 9.59 Å². The Morgan fingerprint density at radius 3 is 2.52 bits per heavy atom. The smallest absolute Gasteiger partial charge is 0.273 e. The quantitative estimate of drug-likeness (QED) is 0.633. The van der Waals surface area contributed by atoms with E-state index in [9.17, 15) is 9.59 Å². The predicted molar refractivity (Wildman–Crippen MR) is 130 cm³/mol. The molecule has 1 saturated carbocycles. The number of halogens is 1. The van der Waals surface area contributed by atoms with E-state index in [-0.39, 0.29) is 23.3 Å². The summed E-state index contributed by atoms with van der Waals surface area (Å²) in [5, 5.41) is 8.63. The fraction of sp³-hybridized carbons (Fsp3) is 0.577. The van der Waals surface area contributed by atoms with Crippen molar-refractivity contribution in [3.63, 3.8) is 0 Å². The number of aromatic nitrogens is 2. The van der Waals surface area contributed by atoms with Crippen LogP contribution < -0.4 is 5.32 Å². The Bertz CT molecular complexity index is 1030. The molecule has 1 atom stereocenters. The highest BCUT2D eigenvalue weighted by Gasteiger charge is 2.48. The van der Waals surface area contributed by atoms with Crippen LogP contribution in [-0.2, 0) is 23.3 Å². The molecule has 0 radical (unpaired) electrons. The monoisotopic (exact) mass is 470 g/mol. The highest BCUT2D eigenvalue weighted by molar-refractivity contribution is 6.30. The highest BCUT2D eigenvalue weighted by atomic mass is 35.5. The average Bonchev–Trinajstić information content (AvgIpc) is 3.01. The molecule has 1 aromatic carbocycles. The van der Waals surface area contributed by atoms with Crippen LogP contribution in [0, 0.1) is 0 Å². The molecule has 4 rings (SSSR count). The van der Waals surface area contributed by atoms with Crippen LogP contribution in [0.25, 0.3) is 0 Å². The van der Waals surface area contributed by atoms with Crippen molar-refractivity contribution in [2.45, 2.75) is 96.3 Å². The lowest BCUT2D eigenvalue weighted by molar-refractivity contribution is -0.134. The molecule has 6 nitrogen and oxygen atoms in total. The van der Waals surface area contributed by atoms with Gasteiger partial charge in [-0.25, -0.2) is 0 Å². The molecule has 33 heavy (non-hydrogen) atoms. The summed E-state index contributed by atoms with van der Waals surface area (Å²) in [6.07, 6.45) is 6.68. The zero-order valence-corrected chi connectivity index (χ0v) is 20.9. The molecule has 178 valence electrons. The molecule has 1 N–H and O–H groups in total. The first kappa shape index (κ1) is 23.8. The zero-order valence-electron chi connectivity index (χ0n) is 20.2. The Morgan fingerprint density at radius 1 is 1.18 bits per heavy atom. The molecule has 2 amide bonds. The largest absolute Gasteiger partial charge is 0.351 e. The summed E-state index contributed by atoms with van der Waals surface area (Å²) in [6, 6.07) is 9.50. The highest BCUT2D eigenvalue weighted by Crippen LogP contribution is 2.32. The van der Waals surface area contributed by atoms with Gasteiger partial charge in [-0.05, 0) is 43.5 Å². The van der Waals surface area contributed by atoms with E-state index in [1.807, 2.05) is 37.3 Å². The van der Waals surface area contributed by atoms with Gasteiger partial charge in [-0.1, -0.05) is 70.2 Å². The molecule has 0 unspecified atom stereocenters. The van der Waals surface area contributed by atoms with Crippen molar-refractivity contribution in [1.29, 1.82) is 0 Å². The van der Waals surface area contributed by atoms with Gasteiger partial charge in [0.2, 0.25) is 5.91 Å². The Balaban J connectivity index is 1.69. The van der Waals surface area contributed by atoms with Gasteiger partial charge in [0, 0.05) is 23.0 Å². The summed E-state index contributed by atoms with van der Waals surface area (Å²) in [4.78, 5) is 29.2. The normalized spacial score (nSPS) is 22.1. The third-order valence-electron chi connectivity index (χ3n) is 6.98. The number of rotatable bonds is 4. The number of hydrogen-bond donors (Lipinski definition) is 1. The lowest BCUT2D eigenvalue weighted by Crippen LogP contribution is -2.64. The van der Waals surface area contributed by atoms with E-state index in [1.54, 1.807) is 9.58 Å². The van der Waals surface area contributed by atoms with Crippen molar-refractivity contribution in [3.05, 3.63) is 52.3 Å². The van der Waals surface area contributed by atoms with Gasteiger partial charge in [-0.3, -0.25) is 14.3 Å². The van der Waals surface area contributed by atoms with Gasteiger partial charge in [-0.2, -0.15) is 5.10 Å². The van der Waals surface area contributed by atoms with E-state index < -0.39 is 5.54 Å². The lowest BCUT2D eigenvalue weighted by atomic mass is 9.91. The number of carbonyl (C=O) groups excluding carboxylic acids is 2. The minimum Gasteiger partial charge on any atom is -0.351 e. The molecule has 2 aliphatic rings. The molecular formula is C26H35ClN4O2. The molecule has 2 aromatic rings. The van der Waals surface area contributed by atoms with Crippen LogP contribution in [0.2, 0.25) is 5.02 Å². The number of nitrogens with one attached hydrogen (secondary N) is 1. The minimum absolute atomic E-state index is 0.108. The lowest BCUT2D eigenvalue weighted by Gasteiger charge is -2.44. The number of benzene rings is 1. The SMILES string of the molecule is CC(C)(C)c1cc2n(n1)C[C@](C)(C(=O)NC1CCCCCC1)N(Cc1cccc(Cl)c1)C2=O. The fourth-order valence-electron chi connectivity index (χ4n) is 4.84. The van der Waals surface area contributed by atoms with Gasteiger partial charge in [-0.15, -0.1) is 0 Å². The van der Waals surface area contributed by atoms with Crippen LogP contribution >= 0.6 is 11.6 Å². The summed E-state index contributed by atoms with van der Waals surface area (Å²) >= 11 is 6.21. The first-order valence-corrected chi connectivity index (χ1v) is 12.4. The number of nitrogens with zero attached hydrogens (tertiary/aromatic N) is 3. The minimum atomic E-state index is -1.06. The van der Waals surface area contributed by atoms with Gasteiger partial charge < -0.3 is 10.2 Å². The molecule has 1 aliphatic carbocycles. The van der Waals surface area contributed by atoms with Gasteiger partial charge >= 0.3 is 0 Å². The maximum absolute atomic E-state index is 13.8. The van der Waals surface area contributed by atoms with E-state index in [0.29, 0.717) is 23.8 Å². The van der Waals surface area contributed by atoms with Gasteiger partial charge in [0.25, 0.3) is 5.91 Å². The number of hydrogen-bond acceptors (Lipinski definition) is 3. The molecule has 0 bridgehead atoms. The second-order valence-electron chi connectivity index (χ2n) is 10.8. The maximum atomic E-state index is 13.8. The van der Waals surface area contributed by atoms with Crippen LogP contribution in [0.3, 0.4) is 0 Å². The van der Waals surface area contributed by atoms with Crippen LogP contribution in [-0.4, -0.2) is 38.1 Å². The van der Waals surface area contributed by atoms with Crippen molar-refractivity contribution in [1.82, 2.24) is 20.0 Å².